The Morgan fingerprint density at radius 3 is 2.70 bits per heavy atom. The lowest BCUT2D eigenvalue weighted by molar-refractivity contribution is 0.262. The van der Waals surface area contributed by atoms with Crippen LogP contribution >= 0.6 is 11.3 Å². The minimum atomic E-state index is -1.19. The van der Waals surface area contributed by atoms with Gasteiger partial charge in [0.2, 0.25) is 0 Å². The van der Waals surface area contributed by atoms with E-state index in [0.717, 1.165) is 10.4 Å². The lowest BCUT2D eigenvalue weighted by Crippen LogP contribution is -2.19. The maximum Gasteiger partial charge on any atom is 0.325 e. The highest BCUT2D eigenvalue weighted by Crippen LogP contribution is 2.22. The maximum atomic E-state index is 13.3. The number of rotatable bonds is 6. The van der Waals surface area contributed by atoms with Gasteiger partial charge < -0.3 is 10.0 Å². The number of aromatic nitrogens is 1. The molecule has 0 aliphatic heterocycles. The molecule has 3 N–H and O–H groups in total. The van der Waals surface area contributed by atoms with Crippen molar-refractivity contribution in [3.63, 3.8) is 0 Å². The largest absolute Gasteiger partial charge is 0.325 e. The van der Waals surface area contributed by atoms with Crippen molar-refractivity contribution in [2.45, 2.75) is 6.42 Å². The molecular formula is C18H17FN4O2S2. The second-order valence-electron chi connectivity index (χ2n) is 5.65. The number of amides is 2. The first-order chi connectivity index (χ1) is 13.0. The summed E-state index contributed by atoms with van der Waals surface area (Å²) in [5.41, 5.74) is 2.03. The van der Waals surface area contributed by atoms with Crippen molar-refractivity contribution in [1.82, 2.24) is 4.98 Å². The van der Waals surface area contributed by atoms with Gasteiger partial charge in [-0.15, -0.1) is 11.3 Å². The quantitative estimate of drug-likeness (QED) is 0.575. The third-order valence-electron chi connectivity index (χ3n) is 3.42. The van der Waals surface area contributed by atoms with E-state index in [2.05, 4.69) is 20.3 Å². The molecule has 0 spiro atoms. The fourth-order valence-corrected chi connectivity index (χ4v) is 3.68. The molecule has 3 rings (SSSR count). The number of hydrogen-bond donors (Lipinski definition) is 3. The van der Waals surface area contributed by atoms with Gasteiger partial charge in [0, 0.05) is 35.1 Å². The Labute approximate surface area is 162 Å². The summed E-state index contributed by atoms with van der Waals surface area (Å²) in [6, 6.07) is 12.8. The smallest absolute Gasteiger partial charge is 0.308 e. The number of carbonyl (C=O) groups excluding carboxylic acids is 1. The zero-order chi connectivity index (χ0) is 19.2. The van der Waals surface area contributed by atoms with E-state index in [-0.39, 0.29) is 5.82 Å². The number of halogens is 1. The highest BCUT2D eigenvalue weighted by molar-refractivity contribution is 7.85. The van der Waals surface area contributed by atoms with Crippen molar-refractivity contribution in [2.24, 2.45) is 0 Å². The topological polar surface area (TPSA) is 83.1 Å². The second kappa shape index (κ2) is 8.74. The molecular weight excluding hydrogens is 387 g/mol. The summed E-state index contributed by atoms with van der Waals surface area (Å²) in [6.07, 6.45) is 3.73. The fourth-order valence-electron chi connectivity index (χ4n) is 2.38. The van der Waals surface area contributed by atoms with Crippen molar-refractivity contribution < 1.29 is 13.4 Å². The van der Waals surface area contributed by atoms with E-state index < -0.39 is 17.0 Å². The highest BCUT2D eigenvalue weighted by Gasteiger charge is 2.08. The van der Waals surface area contributed by atoms with E-state index in [0.29, 0.717) is 22.9 Å². The van der Waals surface area contributed by atoms with Crippen LogP contribution in [0.4, 0.5) is 25.7 Å². The molecule has 2 aromatic carbocycles. The standard InChI is InChI=1S/C18H17FN4O2S2/c1-27(25)23-15-7-3-6-14(10-15)21-17(24)22-18-20-11-16(26-18)9-12-4-2-5-13(19)8-12/h2-8,10-11,23H,9H2,1H3,(H2,20,21,22,24). The Kier molecular flexibility index (Phi) is 6.15. The average Bonchev–Trinajstić information content (AvgIpc) is 3.01. The number of anilines is 3. The first-order valence-electron chi connectivity index (χ1n) is 7.95. The lowest BCUT2D eigenvalue weighted by Gasteiger charge is -2.08. The normalized spacial score (nSPS) is 11.6. The molecule has 9 heteroatoms. The van der Waals surface area contributed by atoms with E-state index >= 15 is 0 Å². The summed E-state index contributed by atoms with van der Waals surface area (Å²) in [5, 5.41) is 5.82. The molecule has 0 saturated heterocycles. The van der Waals surface area contributed by atoms with Gasteiger partial charge in [0.1, 0.15) is 16.8 Å². The minimum Gasteiger partial charge on any atom is -0.308 e. The highest BCUT2D eigenvalue weighted by atomic mass is 32.2. The molecule has 2 amide bonds. The summed E-state index contributed by atoms with van der Waals surface area (Å²) in [6.45, 7) is 0. The Morgan fingerprint density at radius 2 is 1.93 bits per heavy atom. The van der Waals surface area contributed by atoms with E-state index in [1.165, 1.54) is 29.7 Å². The minimum absolute atomic E-state index is 0.279. The zero-order valence-corrected chi connectivity index (χ0v) is 16.0. The zero-order valence-electron chi connectivity index (χ0n) is 14.4. The first kappa shape index (κ1) is 19.0. The van der Waals surface area contributed by atoms with Gasteiger partial charge in [-0.1, -0.05) is 18.2 Å². The Hall–Kier alpha value is -2.78. The van der Waals surface area contributed by atoms with Gasteiger partial charge in [0.15, 0.2) is 5.13 Å². The van der Waals surface area contributed by atoms with Gasteiger partial charge in [0.25, 0.3) is 0 Å². The van der Waals surface area contributed by atoms with Gasteiger partial charge in [-0.05, 0) is 35.9 Å². The monoisotopic (exact) mass is 404 g/mol. The molecule has 1 heterocycles. The lowest BCUT2D eigenvalue weighted by atomic mass is 10.1. The van der Waals surface area contributed by atoms with Crippen LogP contribution in [0.25, 0.3) is 0 Å². The van der Waals surface area contributed by atoms with Crippen molar-refractivity contribution in [3.8, 4) is 0 Å². The van der Waals surface area contributed by atoms with Crippen molar-refractivity contribution in [3.05, 3.63) is 71.0 Å². The summed E-state index contributed by atoms with van der Waals surface area (Å²) in [7, 11) is -1.19. The average molecular weight is 404 g/mol. The van der Waals surface area contributed by atoms with E-state index in [4.69, 9.17) is 0 Å². The summed E-state index contributed by atoms with van der Waals surface area (Å²) in [5.74, 6) is -0.279. The number of urea groups is 1. The van der Waals surface area contributed by atoms with Crippen LogP contribution in [0.5, 0.6) is 0 Å². The summed E-state index contributed by atoms with van der Waals surface area (Å²) >= 11 is 1.33. The van der Waals surface area contributed by atoms with Crippen LogP contribution in [0.2, 0.25) is 0 Å². The Bertz CT molecular complexity index is 977. The van der Waals surface area contributed by atoms with E-state index in [9.17, 15) is 13.4 Å². The molecule has 1 atom stereocenters. The number of carbonyl (C=O) groups is 1. The molecule has 1 aromatic heterocycles. The summed E-state index contributed by atoms with van der Waals surface area (Å²) < 4.78 is 27.2. The van der Waals surface area contributed by atoms with Gasteiger partial charge in [-0.25, -0.2) is 18.4 Å². The number of hydrogen-bond acceptors (Lipinski definition) is 4. The number of nitrogens with zero attached hydrogens (tertiary/aromatic N) is 1. The molecule has 1 unspecified atom stereocenters. The van der Waals surface area contributed by atoms with E-state index in [1.54, 1.807) is 36.5 Å². The third-order valence-corrected chi connectivity index (χ3v) is 4.86. The van der Waals surface area contributed by atoms with Crippen LogP contribution in [-0.4, -0.2) is 21.5 Å². The maximum absolute atomic E-state index is 13.3. The van der Waals surface area contributed by atoms with Crippen LogP contribution in [0, 0.1) is 5.82 Å². The van der Waals surface area contributed by atoms with Gasteiger partial charge in [0.05, 0.1) is 0 Å². The summed E-state index contributed by atoms with van der Waals surface area (Å²) in [4.78, 5) is 17.2. The Morgan fingerprint density at radius 1 is 1.15 bits per heavy atom. The molecule has 140 valence electrons. The molecule has 27 heavy (non-hydrogen) atoms. The van der Waals surface area contributed by atoms with Crippen molar-refractivity contribution in [2.75, 3.05) is 21.6 Å². The van der Waals surface area contributed by atoms with Crippen LogP contribution in [0.1, 0.15) is 10.4 Å². The van der Waals surface area contributed by atoms with E-state index in [1.807, 2.05) is 6.07 Å². The van der Waals surface area contributed by atoms with Crippen LogP contribution < -0.4 is 15.4 Å². The number of thiazole rings is 1. The SMILES string of the molecule is CS(=O)Nc1cccc(NC(=O)Nc2ncc(Cc3cccc(F)c3)s2)c1. The molecule has 0 aliphatic rings. The molecule has 0 aliphatic carbocycles. The molecule has 0 bridgehead atoms. The fraction of sp³-hybridized carbons (Fsp3) is 0.111. The van der Waals surface area contributed by atoms with Gasteiger partial charge in [-0.2, -0.15) is 0 Å². The third kappa shape index (κ3) is 5.87. The van der Waals surface area contributed by atoms with Crippen LogP contribution in [-0.2, 0) is 17.4 Å². The molecule has 0 saturated carbocycles. The predicted molar refractivity (Wildman–Crippen MR) is 108 cm³/mol. The number of nitrogens with one attached hydrogen (secondary N) is 3. The first-order valence-corrected chi connectivity index (χ1v) is 10.3. The molecule has 3 aromatic rings. The van der Waals surface area contributed by atoms with Gasteiger partial charge in [-0.3, -0.25) is 5.32 Å². The van der Waals surface area contributed by atoms with Crippen LogP contribution in [0.15, 0.2) is 54.7 Å². The molecule has 0 radical (unpaired) electrons. The van der Waals surface area contributed by atoms with Crippen LogP contribution in [0.3, 0.4) is 0 Å². The molecule has 6 nitrogen and oxygen atoms in total. The van der Waals surface area contributed by atoms with Gasteiger partial charge >= 0.3 is 6.03 Å². The Balaban J connectivity index is 1.58. The van der Waals surface area contributed by atoms with Crippen molar-refractivity contribution in [1.29, 1.82) is 0 Å². The van der Waals surface area contributed by atoms with Crippen molar-refractivity contribution >= 4 is 44.9 Å². The second-order valence-corrected chi connectivity index (χ2v) is 7.88. The number of benzene rings is 2. The predicted octanol–water partition coefficient (Wildman–Crippen LogP) is 4.22. The molecule has 0 fully saturated rings.